The molecule has 0 bridgehead atoms. The van der Waals surface area contributed by atoms with Crippen molar-refractivity contribution in [3.63, 3.8) is 0 Å². The van der Waals surface area contributed by atoms with E-state index in [2.05, 4.69) is 29.4 Å². The van der Waals surface area contributed by atoms with Gasteiger partial charge in [-0.3, -0.25) is 9.36 Å². The number of benzene rings is 2. The SMILES string of the molecule is CC(C)C[C@@H](NC(=O)CSc1nnc(-c2ccc(F)cc2)n1C[C@@H]1CCCO1)c1ccccc1. The molecule has 180 valence electrons. The lowest BCUT2D eigenvalue weighted by molar-refractivity contribution is -0.119. The predicted octanol–water partition coefficient (Wildman–Crippen LogP) is 5.26. The highest BCUT2D eigenvalue weighted by atomic mass is 32.2. The van der Waals surface area contributed by atoms with Gasteiger partial charge in [-0.2, -0.15) is 0 Å². The van der Waals surface area contributed by atoms with Crippen molar-refractivity contribution in [2.24, 2.45) is 5.92 Å². The third-order valence-corrected chi connectivity index (χ3v) is 6.77. The second kappa shape index (κ2) is 11.6. The van der Waals surface area contributed by atoms with Crippen LogP contribution >= 0.6 is 11.8 Å². The van der Waals surface area contributed by atoms with Crippen LogP contribution in [0.4, 0.5) is 4.39 Å². The molecule has 1 N–H and O–H groups in total. The smallest absolute Gasteiger partial charge is 0.230 e. The van der Waals surface area contributed by atoms with E-state index < -0.39 is 0 Å². The fraction of sp³-hybridized carbons (Fsp3) is 0.423. The minimum absolute atomic E-state index is 0.0335. The Kier molecular flexibility index (Phi) is 8.34. The van der Waals surface area contributed by atoms with Gasteiger partial charge in [-0.05, 0) is 55.0 Å². The van der Waals surface area contributed by atoms with E-state index in [-0.39, 0.29) is 29.6 Å². The average Bonchev–Trinajstić information content (AvgIpc) is 3.49. The van der Waals surface area contributed by atoms with Crippen LogP contribution in [0.5, 0.6) is 0 Å². The molecule has 0 spiro atoms. The number of hydrogen-bond acceptors (Lipinski definition) is 5. The summed E-state index contributed by atoms with van der Waals surface area (Å²) in [5.41, 5.74) is 1.89. The van der Waals surface area contributed by atoms with Gasteiger partial charge in [0.1, 0.15) is 5.82 Å². The van der Waals surface area contributed by atoms with Gasteiger partial charge >= 0.3 is 0 Å². The molecule has 1 aliphatic heterocycles. The summed E-state index contributed by atoms with van der Waals surface area (Å²) in [5, 5.41) is 12.6. The molecule has 4 rings (SSSR count). The normalized spacial score (nSPS) is 16.6. The summed E-state index contributed by atoms with van der Waals surface area (Å²) in [7, 11) is 0. The first-order valence-electron chi connectivity index (χ1n) is 11.8. The molecule has 0 saturated carbocycles. The van der Waals surface area contributed by atoms with Gasteiger partial charge in [-0.1, -0.05) is 55.9 Å². The van der Waals surface area contributed by atoms with Gasteiger partial charge in [0.05, 0.1) is 24.4 Å². The number of aromatic nitrogens is 3. The summed E-state index contributed by atoms with van der Waals surface area (Å²) in [6.45, 7) is 5.66. The van der Waals surface area contributed by atoms with Crippen LogP contribution in [0.2, 0.25) is 0 Å². The minimum Gasteiger partial charge on any atom is -0.376 e. The lowest BCUT2D eigenvalue weighted by Gasteiger charge is -2.21. The Balaban J connectivity index is 1.47. The third-order valence-electron chi connectivity index (χ3n) is 5.81. The molecule has 1 fully saturated rings. The second-order valence-electron chi connectivity index (χ2n) is 9.01. The van der Waals surface area contributed by atoms with Gasteiger partial charge in [0.15, 0.2) is 11.0 Å². The van der Waals surface area contributed by atoms with Gasteiger partial charge in [-0.25, -0.2) is 4.39 Å². The zero-order valence-electron chi connectivity index (χ0n) is 19.6. The first-order valence-corrected chi connectivity index (χ1v) is 12.8. The van der Waals surface area contributed by atoms with Crippen LogP contribution in [0, 0.1) is 11.7 Å². The van der Waals surface area contributed by atoms with E-state index in [1.807, 2.05) is 34.9 Å². The number of thioether (sulfide) groups is 1. The van der Waals surface area contributed by atoms with Gasteiger partial charge in [0, 0.05) is 12.2 Å². The third kappa shape index (κ3) is 6.45. The van der Waals surface area contributed by atoms with Crippen molar-refractivity contribution in [1.29, 1.82) is 0 Å². The van der Waals surface area contributed by atoms with E-state index in [0.717, 1.165) is 37.0 Å². The van der Waals surface area contributed by atoms with E-state index in [1.54, 1.807) is 12.1 Å². The Morgan fingerprint density at radius 1 is 1.18 bits per heavy atom. The zero-order valence-corrected chi connectivity index (χ0v) is 20.4. The zero-order chi connectivity index (χ0) is 23.9. The van der Waals surface area contributed by atoms with Crippen LogP contribution in [0.3, 0.4) is 0 Å². The second-order valence-corrected chi connectivity index (χ2v) is 9.95. The number of nitrogens with one attached hydrogen (secondary N) is 1. The van der Waals surface area contributed by atoms with Crippen LogP contribution in [0.15, 0.2) is 59.8 Å². The maximum Gasteiger partial charge on any atom is 0.230 e. The van der Waals surface area contributed by atoms with Crippen LogP contribution in [0.25, 0.3) is 11.4 Å². The van der Waals surface area contributed by atoms with Gasteiger partial charge in [0.25, 0.3) is 0 Å². The molecule has 1 aliphatic rings. The van der Waals surface area contributed by atoms with Crippen molar-refractivity contribution in [3.8, 4) is 11.4 Å². The standard InChI is InChI=1S/C26H31FN4O2S/c1-18(2)15-23(19-7-4-3-5-8-19)28-24(32)17-34-26-30-29-25(20-10-12-21(27)13-11-20)31(26)16-22-9-6-14-33-22/h3-5,7-8,10-13,18,22-23H,6,9,14-17H2,1-2H3,(H,28,32)/t22-,23+/m0/s1. The Morgan fingerprint density at radius 2 is 1.94 bits per heavy atom. The van der Waals surface area contributed by atoms with Crippen molar-refractivity contribution in [3.05, 3.63) is 66.0 Å². The molecule has 1 amide bonds. The Bertz CT molecular complexity index is 1070. The highest BCUT2D eigenvalue weighted by Crippen LogP contribution is 2.27. The van der Waals surface area contributed by atoms with E-state index in [1.165, 1.54) is 23.9 Å². The van der Waals surface area contributed by atoms with E-state index in [9.17, 15) is 9.18 Å². The quantitative estimate of drug-likeness (QED) is 0.399. The van der Waals surface area contributed by atoms with Gasteiger partial charge in [-0.15, -0.1) is 10.2 Å². The molecule has 1 aromatic heterocycles. The van der Waals surface area contributed by atoms with Crippen molar-refractivity contribution < 1.29 is 13.9 Å². The molecule has 0 radical (unpaired) electrons. The van der Waals surface area contributed by atoms with Crippen molar-refractivity contribution in [2.75, 3.05) is 12.4 Å². The summed E-state index contributed by atoms with van der Waals surface area (Å²) in [6, 6.07) is 16.3. The Hall–Kier alpha value is -2.71. The van der Waals surface area contributed by atoms with Crippen molar-refractivity contribution in [2.45, 2.75) is 57.0 Å². The number of halogens is 1. The first kappa shape index (κ1) is 24.4. The molecule has 0 unspecified atom stereocenters. The molecule has 2 atom stereocenters. The maximum atomic E-state index is 13.4. The molecule has 34 heavy (non-hydrogen) atoms. The number of hydrogen-bond donors (Lipinski definition) is 1. The number of carbonyl (C=O) groups is 1. The average molecular weight is 483 g/mol. The maximum absolute atomic E-state index is 13.4. The molecular weight excluding hydrogens is 451 g/mol. The van der Waals surface area contributed by atoms with Crippen LogP contribution < -0.4 is 5.32 Å². The molecule has 8 heteroatoms. The van der Waals surface area contributed by atoms with Gasteiger partial charge < -0.3 is 10.1 Å². The fourth-order valence-corrected chi connectivity index (χ4v) is 4.92. The lowest BCUT2D eigenvalue weighted by atomic mass is 9.97. The number of carbonyl (C=O) groups excluding carboxylic acids is 1. The molecule has 3 aromatic rings. The molecular formula is C26H31FN4O2S. The van der Waals surface area contributed by atoms with Gasteiger partial charge in [0.2, 0.25) is 5.91 Å². The number of ether oxygens (including phenoxy) is 1. The number of rotatable bonds is 10. The molecule has 2 aromatic carbocycles. The van der Waals surface area contributed by atoms with E-state index in [4.69, 9.17) is 4.74 Å². The highest BCUT2D eigenvalue weighted by molar-refractivity contribution is 7.99. The first-order chi connectivity index (χ1) is 16.5. The monoisotopic (exact) mass is 482 g/mol. The lowest BCUT2D eigenvalue weighted by Crippen LogP contribution is -2.31. The summed E-state index contributed by atoms with van der Waals surface area (Å²) in [5.74, 6) is 0.990. The molecule has 0 aliphatic carbocycles. The summed E-state index contributed by atoms with van der Waals surface area (Å²) >= 11 is 1.36. The number of amides is 1. The predicted molar refractivity (Wildman–Crippen MR) is 132 cm³/mol. The minimum atomic E-state index is -0.297. The molecule has 1 saturated heterocycles. The van der Waals surface area contributed by atoms with Crippen molar-refractivity contribution in [1.82, 2.24) is 20.1 Å². The largest absolute Gasteiger partial charge is 0.376 e. The fourth-order valence-electron chi connectivity index (χ4n) is 4.17. The topological polar surface area (TPSA) is 69.0 Å². The van der Waals surface area contributed by atoms with E-state index in [0.29, 0.717) is 23.4 Å². The molecule has 6 nitrogen and oxygen atoms in total. The number of nitrogens with zero attached hydrogens (tertiary/aromatic N) is 3. The van der Waals surface area contributed by atoms with Crippen LogP contribution in [-0.4, -0.2) is 39.1 Å². The van der Waals surface area contributed by atoms with E-state index >= 15 is 0 Å². The van der Waals surface area contributed by atoms with Crippen LogP contribution in [-0.2, 0) is 16.1 Å². The van der Waals surface area contributed by atoms with Crippen LogP contribution in [0.1, 0.15) is 44.7 Å². The summed E-state index contributed by atoms with van der Waals surface area (Å²) in [4.78, 5) is 12.9. The highest BCUT2D eigenvalue weighted by Gasteiger charge is 2.23. The Labute approximate surface area is 204 Å². The van der Waals surface area contributed by atoms with Crippen molar-refractivity contribution >= 4 is 17.7 Å². The summed E-state index contributed by atoms with van der Waals surface area (Å²) < 4.78 is 21.3. The molecule has 2 heterocycles. The summed E-state index contributed by atoms with van der Waals surface area (Å²) in [6.07, 6.45) is 2.95. The Morgan fingerprint density at radius 3 is 2.62 bits per heavy atom.